The number of rotatable bonds is 2. The Morgan fingerprint density at radius 2 is 2.15 bits per heavy atom. The van der Waals surface area contributed by atoms with Crippen LogP contribution in [0.1, 0.15) is 45.0 Å². The van der Waals surface area contributed by atoms with E-state index < -0.39 is 0 Å². The molecule has 0 spiro atoms. The van der Waals surface area contributed by atoms with Crippen LogP contribution in [-0.2, 0) is 5.88 Å². The minimum absolute atomic E-state index is 0.0500. The average molecular weight is 291 g/mol. The Morgan fingerprint density at radius 3 is 2.80 bits per heavy atom. The van der Waals surface area contributed by atoms with Gasteiger partial charge in [0.15, 0.2) is 0 Å². The smallest absolute Gasteiger partial charge is 0.261 e. The van der Waals surface area contributed by atoms with Crippen LogP contribution in [0.2, 0.25) is 0 Å². The minimum atomic E-state index is 0.0500. The zero-order valence-corrected chi connectivity index (χ0v) is 12.7. The fourth-order valence-corrected chi connectivity index (χ4v) is 3.47. The van der Waals surface area contributed by atoms with Crippen molar-refractivity contribution in [2.75, 3.05) is 0 Å². The van der Waals surface area contributed by atoms with Gasteiger partial charge >= 0.3 is 0 Å². The van der Waals surface area contributed by atoms with E-state index in [1.54, 1.807) is 0 Å². The van der Waals surface area contributed by atoms with Crippen LogP contribution in [0, 0.1) is 5.41 Å². The lowest BCUT2D eigenvalue weighted by molar-refractivity contribution is 0.354. The summed E-state index contributed by atoms with van der Waals surface area (Å²) >= 11 is 6.03. The number of halogens is 1. The molecule has 3 nitrogen and oxygen atoms in total. The molecule has 1 unspecified atom stereocenters. The van der Waals surface area contributed by atoms with Crippen LogP contribution >= 0.6 is 11.6 Å². The Hall–Kier alpha value is -1.35. The van der Waals surface area contributed by atoms with E-state index in [0.29, 0.717) is 16.6 Å². The zero-order valence-electron chi connectivity index (χ0n) is 11.9. The van der Waals surface area contributed by atoms with Crippen LogP contribution in [0.5, 0.6) is 0 Å². The number of hydrogen-bond acceptors (Lipinski definition) is 2. The molecule has 2 aromatic rings. The van der Waals surface area contributed by atoms with Crippen molar-refractivity contribution in [3.8, 4) is 0 Å². The monoisotopic (exact) mass is 290 g/mol. The van der Waals surface area contributed by atoms with Crippen LogP contribution in [0.3, 0.4) is 0 Å². The lowest BCUT2D eigenvalue weighted by atomic mass is 9.92. The molecule has 0 radical (unpaired) electrons. The van der Waals surface area contributed by atoms with E-state index in [-0.39, 0.29) is 17.5 Å². The summed E-state index contributed by atoms with van der Waals surface area (Å²) in [6, 6.07) is 7.72. The molecule has 1 saturated carbocycles. The number of hydrogen-bond donors (Lipinski definition) is 0. The molecule has 1 heterocycles. The maximum Gasteiger partial charge on any atom is 0.261 e. The molecule has 1 aromatic carbocycles. The molecule has 0 aliphatic heterocycles. The quantitative estimate of drug-likeness (QED) is 0.787. The Balaban J connectivity index is 2.19. The predicted octanol–water partition coefficient (Wildman–Crippen LogP) is 3.89. The van der Waals surface area contributed by atoms with Gasteiger partial charge in [0.05, 0.1) is 16.8 Å². The first-order chi connectivity index (χ1) is 9.52. The number of aromatic nitrogens is 2. The Bertz CT molecular complexity index is 705. The standard InChI is InChI=1S/C16H19ClN2O/c1-16(2)8-7-11(9-16)19-14(10-17)18-13-6-4-3-5-12(13)15(19)20/h3-6,11H,7-10H2,1-2H3. The van der Waals surface area contributed by atoms with E-state index in [9.17, 15) is 4.79 Å². The molecule has 0 saturated heterocycles. The molecular formula is C16H19ClN2O. The zero-order chi connectivity index (χ0) is 14.3. The van der Waals surface area contributed by atoms with Crippen LogP contribution < -0.4 is 5.56 Å². The van der Waals surface area contributed by atoms with Crippen LogP contribution in [-0.4, -0.2) is 9.55 Å². The largest absolute Gasteiger partial charge is 0.292 e. The highest BCUT2D eigenvalue weighted by atomic mass is 35.5. The second-order valence-electron chi connectivity index (χ2n) is 6.41. The molecule has 3 rings (SSSR count). The van der Waals surface area contributed by atoms with Gasteiger partial charge in [0, 0.05) is 6.04 Å². The molecule has 106 valence electrons. The lowest BCUT2D eigenvalue weighted by Gasteiger charge is -2.21. The number of para-hydroxylation sites is 1. The summed E-state index contributed by atoms with van der Waals surface area (Å²) in [6.45, 7) is 4.51. The topological polar surface area (TPSA) is 34.9 Å². The number of benzene rings is 1. The third-order valence-corrected chi connectivity index (χ3v) is 4.55. The fourth-order valence-electron chi connectivity index (χ4n) is 3.28. The van der Waals surface area contributed by atoms with Gasteiger partial charge in [-0.2, -0.15) is 0 Å². The van der Waals surface area contributed by atoms with Crippen LogP contribution in [0.4, 0.5) is 0 Å². The van der Waals surface area contributed by atoms with Gasteiger partial charge < -0.3 is 0 Å². The van der Waals surface area contributed by atoms with Gasteiger partial charge in [-0.1, -0.05) is 26.0 Å². The summed E-state index contributed by atoms with van der Waals surface area (Å²) in [5, 5.41) is 0.686. The van der Waals surface area contributed by atoms with Crippen molar-refractivity contribution in [3.05, 3.63) is 40.4 Å². The second kappa shape index (κ2) is 4.88. The van der Waals surface area contributed by atoms with Gasteiger partial charge in [0.1, 0.15) is 5.82 Å². The SMILES string of the molecule is CC1(C)CCC(n2c(CCl)nc3ccccc3c2=O)C1. The maximum absolute atomic E-state index is 12.8. The molecule has 0 amide bonds. The summed E-state index contributed by atoms with van der Waals surface area (Å²) in [6.07, 6.45) is 3.17. The first-order valence-corrected chi connectivity index (χ1v) is 7.61. The number of nitrogens with zero attached hydrogens (tertiary/aromatic N) is 2. The first kappa shape index (κ1) is 13.6. The normalized spacial score (nSPS) is 21.4. The van der Waals surface area contributed by atoms with Crippen molar-refractivity contribution >= 4 is 22.5 Å². The van der Waals surface area contributed by atoms with Gasteiger partial charge in [-0.15, -0.1) is 11.6 Å². The van der Waals surface area contributed by atoms with Crippen molar-refractivity contribution in [3.63, 3.8) is 0 Å². The highest BCUT2D eigenvalue weighted by Gasteiger charge is 2.33. The van der Waals surface area contributed by atoms with Crippen molar-refractivity contribution in [1.82, 2.24) is 9.55 Å². The van der Waals surface area contributed by atoms with Gasteiger partial charge in [-0.05, 0) is 36.8 Å². The van der Waals surface area contributed by atoms with Crippen molar-refractivity contribution in [2.45, 2.75) is 45.0 Å². The molecule has 1 aliphatic rings. The molecule has 0 N–H and O–H groups in total. The predicted molar refractivity (Wildman–Crippen MR) is 82.2 cm³/mol. The molecule has 4 heteroatoms. The van der Waals surface area contributed by atoms with Crippen molar-refractivity contribution in [1.29, 1.82) is 0 Å². The Labute approximate surface area is 123 Å². The van der Waals surface area contributed by atoms with Gasteiger partial charge in [-0.3, -0.25) is 9.36 Å². The van der Waals surface area contributed by atoms with E-state index in [4.69, 9.17) is 11.6 Å². The van der Waals surface area contributed by atoms with Gasteiger partial charge in [-0.25, -0.2) is 4.98 Å². The van der Waals surface area contributed by atoms with Crippen LogP contribution in [0.25, 0.3) is 10.9 Å². The van der Waals surface area contributed by atoms with E-state index in [1.807, 2.05) is 28.8 Å². The Kier molecular flexibility index (Phi) is 3.33. The molecule has 1 aliphatic carbocycles. The minimum Gasteiger partial charge on any atom is -0.292 e. The van der Waals surface area contributed by atoms with E-state index >= 15 is 0 Å². The molecule has 20 heavy (non-hydrogen) atoms. The molecule has 1 aromatic heterocycles. The third-order valence-electron chi connectivity index (χ3n) is 4.31. The van der Waals surface area contributed by atoms with Gasteiger partial charge in [0.25, 0.3) is 5.56 Å². The molecule has 0 bridgehead atoms. The number of fused-ring (bicyclic) bond motifs is 1. The van der Waals surface area contributed by atoms with E-state index in [1.165, 1.54) is 0 Å². The summed E-state index contributed by atoms with van der Waals surface area (Å²) in [5.74, 6) is 0.967. The van der Waals surface area contributed by atoms with E-state index in [0.717, 1.165) is 24.8 Å². The van der Waals surface area contributed by atoms with Crippen LogP contribution in [0.15, 0.2) is 29.1 Å². The highest BCUT2D eigenvalue weighted by molar-refractivity contribution is 6.16. The fraction of sp³-hybridized carbons (Fsp3) is 0.500. The lowest BCUT2D eigenvalue weighted by Crippen LogP contribution is -2.28. The Morgan fingerprint density at radius 1 is 1.40 bits per heavy atom. The van der Waals surface area contributed by atoms with Crippen molar-refractivity contribution in [2.24, 2.45) is 5.41 Å². The summed E-state index contributed by atoms with van der Waals surface area (Å²) in [4.78, 5) is 17.3. The van der Waals surface area contributed by atoms with E-state index in [2.05, 4.69) is 18.8 Å². The molecule has 1 fully saturated rings. The maximum atomic E-state index is 12.8. The third kappa shape index (κ3) is 2.24. The molecule has 1 atom stereocenters. The summed E-state index contributed by atoms with van der Waals surface area (Å²) in [7, 11) is 0. The molecular weight excluding hydrogens is 272 g/mol. The second-order valence-corrected chi connectivity index (χ2v) is 6.68. The highest BCUT2D eigenvalue weighted by Crippen LogP contribution is 2.43. The average Bonchev–Trinajstić information content (AvgIpc) is 2.78. The first-order valence-electron chi connectivity index (χ1n) is 7.08. The summed E-state index contributed by atoms with van der Waals surface area (Å²) in [5.41, 5.74) is 1.08. The van der Waals surface area contributed by atoms with Gasteiger partial charge in [0.2, 0.25) is 0 Å². The summed E-state index contributed by atoms with van der Waals surface area (Å²) < 4.78 is 1.84. The van der Waals surface area contributed by atoms with Crippen molar-refractivity contribution < 1.29 is 0 Å². The number of alkyl halides is 1.